The second-order valence-electron chi connectivity index (χ2n) is 5.20. The first-order chi connectivity index (χ1) is 8.26. The number of nitrogens with one attached hydrogen (secondary N) is 2. The van der Waals surface area contributed by atoms with E-state index in [-0.39, 0.29) is 11.8 Å². The van der Waals surface area contributed by atoms with Crippen LogP contribution in [0.1, 0.15) is 47.0 Å². The number of halogens is 1. The van der Waals surface area contributed by atoms with Gasteiger partial charge in [-0.2, -0.15) is 0 Å². The topological polar surface area (TPSA) is 67.4 Å². The zero-order valence-corrected chi connectivity index (χ0v) is 13.7. The van der Waals surface area contributed by atoms with Crippen molar-refractivity contribution >= 4 is 34.7 Å². The van der Waals surface area contributed by atoms with E-state index in [0.29, 0.717) is 6.54 Å². The van der Waals surface area contributed by atoms with Gasteiger partial charge < -0.3 is 10.1 Å². The van der Waals surface area contributed by atoms with Gasteiger partial charge in [0.05, 0.1) is 6.04 Å². The van der Waals surface area contributed by atoms with Crippen molar-refractivity contribution in [2.75, 3.05) is 6.54 Å². The molecule has 0 aliphatic rings. The molecule has 0 rings (SSSR count). The number of rotatable bonds is 7. The number of ketones is 1. The van der Waals surface area contributed by atoms with Gasteiger partial charge >= 0.3 is 6.09 Å². The van der Waals surface area contributed by atoms with Crippen molar-refractivity contribution in [3.63, 3.8) is 0 Å². The van der Waals surface area contributed by atoms with Crippen molar-refractivity contribution in [2.24, 2.45) is 0 Å². The Balaban J connectivity index is 3.62. The molecular weight excluding hydrogens is 347 g/mol. The molecule has 5 nitrogen and oxygen atoms in total. The fourth-order valence-corrected chi connectivity index (χ4v) is 2.06. The van der Waals surface area contributed by atoms with Crippen LogP contribution in [0, 0.1) is 0 Å². The molecule has 0 saturated heterocycles. The van der Waals surface area contributed by atoms with Gasteiger partial charge in [0.15, 0.2) is 0 Å². The van der Waals surface area contributed by atoms with Crippen molar-refractivity contribution in [2.45, 2.75) is 58.6 Å². The molecular formula is C12H23IN2O3. The number of alkyl carbamates (subject to hydrolysis) is 1. The monoisotopic (exact) mass is 370 g/mol. The van der Waals surface area contributed by atoms with Crippen molar-refractivity contribution in [3.05, 3.63) is 0 Å². The lowest BCUT2D eigenvalue weighted by Crippen LogP contribution is -2.33. The van der Waals surface area contributed by atoms with E-state index in [4.69, 9.17) is 4.74 Å². The van der Waals surface area contributed by atoms with E-state index in [1.165, 1.54) is 0 Å². The molecule has 0 aliphatic heterocycles. The van der Waals surface area contributed by atoms with Gasteiger partial charge in [0.2, 0.25) is 0 Å². The third-order valence-corrected chi connectivity index (χ3v) is 2.96. The Hall–Kier alpha value is -0.370. The Morgan fingerprint density at radius 1 is 1.28 bits per heavy atom. The highest BCUT2D eigenvalue weighted by atomic mass is 127. The maximum atomic E-state index is 11.3. The van der Waals surface area contributed by atoms with Crippen LogP contribution in [0.5, 0.6) is 0 Å². The molecule has 0 aromatic heterocycles. The number of carbonyl (C=O) groups excluding carboxylic acids is 2. The van der Waals surface area contributed by atoms with E-state index in [9.17, 15) is 9.59 Å². The van der Waals surface area contributed by atoms with Gasteiger partial charge in [-0.1, -0.05) is 0 Å². The summed E-state index contributed by atoms with van der Waals surface area (Å²) in [6.07, 6.45) is 2.11. The van der Waals surface area contributed by atoms with Gasteiger partial charge in [0.25, 0.3) is 0 Å². The van der Waals surface area contributed by atoms with Crippen LogP contribution in [-0.4, -0.2) is 30.1 Å². The van der Waals surface area contributed by atoms with Crippen LogP contribution in [0.15, 0.2) is 0 Å². The minimum atomic E-state index is -0.463. The van der Waals surface area contributed by atoms with Crippen LogP contribution in [0.4, 0.5) is 4.79 Å². The van der Waals surface area contributed by atoms with E-state index in [2.05, 4.69) is 8.85 Å². The van der Waals surface area contributed by atoms with Gasteiger partial charge in [-0.25, -0.2) is 4.79 Å². The van der Waals surface area contributed by atoms with Crippen LogP contribution in [0.25, 0.3) is 0 Å². The summed E-state index contributed by atoms with van der Waals surface area (Å²) < 4.78 is 8.05. The van der Waals surface area contributed by atoms with Gasteiger partial charge in [-0.05, 0) is 47.0 Å². The molecule has 18 heavy (non-hydrogen) atoms. The standard InChI is InChI=1S/C12H23IN2O3/c1-9(16)10(15-13)7-5-6-8-14-11(17)18-12(2,3)4/h10,15H,5-8H2,1-4H3,(H,14,17)/t10-/m0/s1. The minimum Gasteiger partial charge on any atom is -0.444 e. The Morgan fingerprint density at radius 3 is 2.33 bits per heavy atom. The largest absolute Gasteiger partial charge is 0.444 e. The predicted octanol–water partition coefficient (Wildman–Crippen LogP) is 2.58. The van der Waals surface area contributed by atoms with Crippen molar-refractivity contribution in [1.29, 1.82) is 0 Å². The van der Waals surface area contributed by atoms with Crippen LogP contribution < -0.4 is 8.85 Å². The highest BCUT2D eigenvalue weighted by molar-refractivity contribution is 14.1. The molecule has 0 fully saturated rings. The van der Waals surface area contributed by atoms with Crippen molar-refractivity contribution in [3.8, 4) is 0 Å². The fourth-order valence-electron chi connectivity index (χ4n) is 1.31. The molecule has 2 N–H and O–H groups in total. The Labute approximate surface area is 123 Å². The lowest BCUT2D eigenvalue weighted by atomic mass is 10.1. The smallest absolute Gasteiger partial charge is 0.407 e. The quantitative estimate of drug-likeness (QED) is 0.411. The molecule has 0 saturated carbocycles. The SMILES string of the molecule is CC(=O)[C@H](CCCCNC(=O)OC(C)(C)C)NI. The highest BCUT2D eigenvalue weighted by Crippen LogP contribution is 2.07. The molecule has 0 aromatic rings. The van der Waals surface area contributed by atoms with Gasteiger partial charge in [-0.15, -0.1) is 0 Å². The first-order valence-corrected chi connectivity index (χ1v) is 7.17. The molecule has 0 spiro atoms. The predicted molar refractivity (Wildman–Crippen MR) is 79.7 cm³/mol. The molecule has 0 bridgehead atoms. The summed E-state index contributed by atoms with van der Waals surface area (Å²) in [4.78, 5) is 22.5. The molecule has 0 aromatic carbocycles. The van der Waals surface area contributed by atoms with Crippen LogP contribution in [-0.2, 0) is 9.53 Å². The summed E-state index contributed by atoms with van der Waals surface area (Å²) in [6, 6.07) is -0.0906. The third kappa shape index (κ3) is 9.64. The maximum Gasteiger partial charge on any atom is 0.407 e. The summed E-state index contributed by atoms with van der Waals surface area (Å²) in [6.45, 7) is 7.64. The van der Waals surface area contributed by atoms with Crippen molar-refractivity contribution < 1.29 is 14.3 Å². The Morgan fingerprint density at radius 2 is 1.89 bits per heavy atom. The molecule has 6 heteroatoms. The summed E-state index contributed by atoms with van der Waals surface area (Å²) in [7, 11) is 0. The number of carbonyl (C=O) groups is 2. The molecule has 0 aliphatic carbocycles. The summed E-state index contributed by atoms with van der Waals surface area (Å²) in [5, 5.41) is 2.69. The number of ether oxygens (including phenoxy) is 1. The number of hydrogen-bond donors (Lipinski definition) is 2. The number of Topliss-reactive ketones (excluding diaryl/α,β-unsaturated/α-hetero) is 1. The van der Waals surface area contributed by atoms with Gasteiger partial charge in [0, 0.05) is 29.4 Å². The lowest BCUT2D eigenvalue weighted by molar-refractivity contribution is -0.118. The van der Waals surface area contributed by atoms with E-state index < -0.39 is 11.7 Å². The second-order valence-corrected chi connectivity index (χ2v) is 5.82. The molecule has 1 amide bonds. The van der Waals surface area contributed by atoms with E-state index >= 15 is 0 Å². The fraction of sp³-hybridized carbons (Fsp3) is 0.833. The summed E-state index contributed by atoms with van der Waals surface area (Å²) >= 11 is 1.99. The Bertz CT molecular complexity index is 277. The van der Waals surface area contributed by atoms with Crippen LogP contribution >= 0.6 is 22.9 Å². The second kappa shape index (κ2) is 8.68. The maximum absolute atomic E-state index is 11.3. The summed E-state index contributed by atoms with van der Waals surface area (Å²) in [5.74, 6) is 0.143. The molecule has 1 atom stereocenters. The zero-order valence-electron chi connectivity index (χ0n) is 11.5. The van der Waals surface area contributed by atoms with Crippen LogP contribution in [0.3, 0.4) is 0 Å². The average Bonchev–Trinajstić information content (AvgIpc) is 2.20. The number of unbranched alkanes of at least 4 members (excludes halogenated alkanes) is 1. The van der Waals surface area contributed by atoms with E-state index in [1.807, 2.05) is 43.6 Å². The number of amides is 1. The molecule has 0 radical (unpaired) electrons. The first-order valence-electron chi connectivity index (χ1n) is 6.09. The Kier molecular flexibility index (Phi) is 8.51. The first kappa shape index (κ1) is 17.6. The zero-order chi connectivity index (χ0) is 14.2. The summed E-state index contributed by atoms with van der Waals surface area (Å²) in [5.41, 5.74) is -0.463. The van der Waals surface area contributed by atoms with Gasteiger partial charge in [0.1, 0.15) is 11.4 Å². The van der Waals surface area contributed by atoms with E-state index in [1.54, 1.807) is 6.92 Å². The molecule has 0 heterocycles. The normalized spacial score (nSPS) is 12.9. The van der Waals surface area contributed by atoms with Crippen molar-refractivity contribution in [1.82, 2.24) is 8.85 Å². The average molecular weight is 370 g/mol. The third-order valence-electron chi connectivity index (χ3n) is 2.21. The molecule has 0 unspecified atom stereocenters. The highest BCUT2D eigenvalue weighted by Gasteiger charge is 2.15. The van der Waals surface area contributed by atoms with E-state index in [0.717, 1.165) is 19.3 Å². The minimum absolute atomic E-state index is 0.0906. The molecule has 106 valence electrons. The number of hydrogen-bond acceptors (Lipinski definition) is 4. The van der Waals surface area contributed by atoms with Crippen LogP contribution in [0.2, 0.25) is 0 Å². The lowest BCUT2D eigenvalue weighted by Gasteiger charge is -2.19. The van der Waals surface area contributed by atoms with Gasteiger partial charge in [-0.3, -0.25) is 8.32 Å².